The normalized spacial score (nSPS) is 25.5. The summed E-state index contributed by atoms with van der Waals surface area (Å²) in [5, 5.41) is 13.0. The molecule has 0 bridgehead atoms. The highest BCUT2D eigenvalue weighted by Crippen LogP contribution is 2.47. The molecule has 0 amide bonds. The van der Waals surface area contributed by atoms with E-state index in [4.69, 9.17) is 18.5 Å². The number of unbranched alkanes of at least 4 members (excludes halogenated alkanes) is 1. The van der Waals surface area contributed by atoms with Crippen LogP contribution in [0.2, 0.25) is 0 Å². The first-order chi connectivity index (χ1) is 17.9. The number of hydrogen-bond donors (Lipinski definition) is 3. The number of halogens is 2. The summed E-state index contributed by atoms with van der Waals surface area (Å²) >= 11 is 0. The predicted molar refractivity (Wildman–Crippen MR) is 130 cm³/mol. The molecule has 0 spiro atoms. The highest BCUT2D eigenvalue weighted by Gasteiger charge is 2.55. The fourth-order valence-electron chi connectivity index (χ4n) is 3.59. The van der Waals surface area contributed by atoms with E-state index in [2.05, 4.69) is 5.09 Å². The molecule has 2 aromatic rings. The highest BCUT2D eigenvalue weighted by atomic mass is 31.2. The van der Waals surface area contributed by atoms with Crippen LogP contribution in [0.25, 0.3) is 0 Å². The standard InChI is InChI=1S/C23H30F2N3O9P/c1-4-5-12-34-20(31)14(2)27-38(33,37-16-8-6-15(24)7-9-16)35-13-17-19(30)23(3,25)21(36-17)28-11-10-18(29)26-22(28)32/h6-11,14,17,19,21,30H,4-5,12-13H2,1-3H3,(H,27,33)(H,26,29,32)/t14-,17+,19+,21+,23+,38?/m0/s1. The molecule has 6 atom stereocenters. The zero-order chi connectivity index (χ0) is 28.1. The number of esters is 1. The first kappa shape index (κ1) is 29.7. The SMILES string of the molecule is CCCCOC(=O)[C@H](C)NP(=O)(OC[C@H]1O[C@@H](n2ccc(=O)[nH]c2=O)[C@](C)(F)[C@@H]1O)Oc1ccc(F)cc1. The van der Waals surface area contributed by atoms with Crippen molar-refractivity contribution in [2.45, 2.75) is 63.8 Å². The fraction of sp³-hybridized carbons (Fsp3) is 0.522. The Morgan fingerprint density at radius 3 is 2.63 bits per heavy atom. The van der Waals surface area contributed by atoms with Crippen molar-refractivity contribution in [2.24, 2.45) is 0 Å². The van der Waals surface area contributed by atoms with Crippen molar-refractivity contribution >= 4 is 13.7 Å². The number of aliphatic hydroxyl groups is 1. The van der Waals surface area contributed by atoms with Crippen molar-refractivity contribution in [1.82, 2.24) is 14.6 Å². The molecule has 1 aliphatic rings. The lowest BCUT2D eigenvalue weighted by atomic mass is 9.98. The van der Waals surface area contributed by atoms with E-state index < -0.39 is 67.5 Å². The maximum absolute atomic E-state index is 15.5. The topological polar surface area (TPSA) is 158 Å². The van der Waals surface area contributed by atoms with Gasteiger partial charge in [-0.2, -0.15) is 5.09 Å². The minimum atomic E-state index is -4.44. The molecular weight excluding hydrogens is 531 g/mol. The molecule has 1 fully saturated rings. The Balaban J connectivity index is 1.78. The van der Waals surface area contributed by atoms with Crippen LogP contribution in [0.3, 0.4) is 0 Å². The summed E-state index contributed by atoms with van der Waals surface area (Å²) in [7, 11) is -4.44. The average molecular weight is 561 g/mol. The van der Waals surface area contributed by atoms with Gasteiger partial charge in [0.2, 0.25) is 0 Å². The van der Waals surface area contributed by atoms with Gasteiger partial charge in [-0.1, -0.05) is 13.3 Å². The number of alkyl halides is 1. The maximum atomic E-state index is 15.5. The number of hydrogen-bond acceptors (Lipinski definition) is 9. The van der Waals surface area contributed by atoms with E-state index in [-0.39, 0.29) is 12.4 Å². The van der Waals surface area contributed by atoms with E-state index in [1.54, 1.807) is 0 Å². The molecule has 3 N–H and O–H groups in total. The molecule has 0 radical (unpaired) electrons. The largest absolute Gasteiger partial charge is 0.465 e. The number of aliphatic hydroxyl groups excluding tert-OH is 1. The van der Waals surface area contributed by atoms with E-state index >= 15 is 4.39 Å². The first-order valence-corrected chi connectivity index (χ1v) is 13.4. The second kappa shape index (κ2) is 12.3. The summed E-state index contributed by atoms with van der Waals surface area (Å²) < 4.78 is 64.6. The van der Waals surface area contributed by atoms with Crippen LogP contribution in [-0.4, -0.2) is 57.8 Å². The number of nitrogens with zero attached hydrogens (tertiary/aromatic N) is 1. The Labute approximate surface area is 216 Å². The molecule has 1 saturated heterocycles. The zero-order valence-electron chi connectivity index (χ0n) is 21.0. The van der Waals surface area contributed by atoms with Crippen LogP contribution in [-0.2, 0) is 23.4 Å². The van der Waals surface area contributed by atoms with Gasteiger partial charge >= 0.3 is 19.4 Å². The molecule has 1 aromatic carbocycles. The summed E-state index contributed by atoms with van der Waals surface area (Å²) in [6, 6.07) is 4.25. The van der Waals surface area contributed by atoms with Gasteiger partial charge in [0.1, 0.15) is 29.8 Å². The Morgan fingerprint density at radius 2 is 2.00 bits per heavy atom. The molecular formula is C23H30F2N3O9P. The highest BCUT2D eigenvalue weighted by molar-refractivity contribution is 7.52. The smallest absolute Gasteiger partial charge is 0.459 e. The lowest BCUT2D eigenvalue weighted by molar-refractivity contribution is -0.145. The lowest BCUT2D eigenvalue weighted by Crippen LogP contribution is -2.43. The number of carbonyl (C=O) groups is 1. The molecule has 1 unspecified atom stereocenters. The third-order valence-electron chi connectivity index (χ3n) is 5.72. The summed E-state index contributed by atoms with van der Waals surface area (Å²) in [6.45, 7) is 3.69. The van der Waals surface area contributed by atoms with Crippen molar-refractivity contribution in [3.63, 3.8) is 0 Å². The van der Waals surface area contributed by atoms with Gasteiger partial charge in [0.15, 0.2) is 11.9 Å². The van der Waals surface area contributed by atoms with Gasteiger partial charge in [-0.15, -0.1) is 0 Å². The van der Waals surface area contributed by atoms with Gasteiger partial charge in [0.05, 0.1) is 13.2 Å². The lowest BCUT2D eigenvalue weighted by Gasteiger charge is -2.25. The van der Waals surface area contributed by atoms with E-state index in [9.17, 15) is 28.4 Å². The molecule has 0 saturated carbocycles. The van der Waals surface area contributed by atoms with Crippen molar-refractivity contribution in [3.05, 3.63) is 63.2 Å². The molecule has 1 aliphatic heterocycles. The fourth-order valence-corrected chi connectivity index (χ4v) is 5.09. The number of aromatic nitrogens is 2. The van der Waals surface area contributed by atoms with Crippen LogP contribution in [0.5, 0.6) is 5.75 Å². The van der Waals surface area contributed by atoms with Crippen molar-refractivity contribution in [2.75, 3.05) is 13.2 Å². The van der Waals surface area contributed by atoms with Crippen molar-refractivity contribution in [1.29, 1.82) is 0 Å². The Kier molecular flexibility index (Phi) is 9.60. The molecule has 1 aromatic heterocycles. The second-order valence-corrected chi connectivity index (χ2v) is 10.5. The molecule has 3 rings (SSSR count). The van der Waals surface area contributed by atoms with Gasteiger partial charge in [0, 0.05) is 12.3 Å². The zero-order valence-corrected chi connectivity index (χ0v) is 21.9. The Morgan fingerprint density at radius 1 is 1.32 bits per heavy atom. The van der Waals surface area contributed by atoms with Crippen LogP contribution in [0.4, 0.5) is 8.78 Å². The minimum absolute atomic E-state index is 0.0744. The quantitative estimate of drug-likeness (QED) is 0.199. The van der Waals surface area contributed by atoms with Crippen LogP contribution in [0.1, 0.15) is 39.8 Å². The van der Waals surface area contributed by atoms with Gasteiger partial charge in [-0.3, -0.25) is 23.7 Å². The number of H-pyrrole nitrogens is 1. The number of aromatic amines is 1. The van der Waals surface area contributed by atoms with Gasteiger partial charge in [-0.25, -0.2) is 18.1 Å². The van der Waals surface area contributed by atoms with Crippen LogP contribution in [0.15, 0.2) is 46.1 Å². The predicted octanol–water partition coefficient (Wildman–Crippen LogP) is 2.19. The summed E-state index contributed by atoms with van der Waals surface area (Å²) in [4.78, 5) is 37.8. The summed E-state index contributed by atoms with van der Waals surface area (Å²) in [5.74, 6) is -1.40. The number of ether oxygens (including phenoxy) is 2. The molecule has 15 heteroatoms. The first-order valence-electron chi connectivity index (χ1n) is 11.8. The third kappa shape index (κ3) is 7.14. The van der Waals surface area contributed by atoms with Crippen LogP contribution < -0.4 is 20.9 Å². The number of carbonyl (C=O) groups excluding carboxylic acids is 1. The van der Waals surface area contributed by atoms with E-state index in [1.807, 2.05) is 11.9 Å². The van der Waals surface area contributed by atoms with Gasteiger partial charge in [0.25, 0.3) is 5.56 Å². The van der Waals surface area contributed by atoms with E-state index in [0.717, 1.165) is 42.3 Å². The summed E-state index contributed by atoms with van der Waals surface area (Å²) in [5.41, 5.74) is -4.21. The van der Waals surface area contributed by atoms with Gasteiger partial charge in [-0.05, 0) is 44.5 Å². The van der Waals surface area contributed by atoms with E-state index in [0.29, 0.717) is 6.42 Å². The molecule has 12 nitrogen and oxygen atoms in total. The van der Waals surface area contributed by atoms with Gasteiger partial charge < -0.3 is 19.1 Å². The second-order valence-electron chi connectivity index (χ2n) is 8.85. The van der Waals surface area contributed by atoms with Crippen LogP contribution in [0, 0.1) is 5.82 Å². The molecule has 210 valence electrons. The Hall–Kier alpha value is -2.90. The monoisotopic (exact) mass is 561 g/mol. The summed E-state index contributed by atoms with van der Waals surface area (Å²) in [6.07, 6.45) is -2.55. The molecule has 0 aliphatic carbocycles. The average Bonchev–Trinajstić information content (AvgIpc) is 3.08. The maximum Gasteiger partial charge on any atom is 0.459 e. The molecule has 38 heavy (non-hydrogen) atoms. The van der Waals surface area contributed by atoms with E-state index in [1.165, 1.54) is 19.1 Å². The number of benzene rings is 1. The van der Waals surface area contributed by atoms with Crippen molar-refractivity contribution in [3.8, 4) is 5.75 Å². The third-order valence-corrected chi connectivity index (χ3v) is 7.36. The molecule has 2 heterocycles. The number of rotatable bonds is 12. The van der Waals surface area contributed by atoms with Crippen molar-refractivity contribution < 1.29 is 41.8 Å². The van der Waals surface area contributed by atoms with Crippen LogP contribution >= 0.6 is 7.75 Å². The number of nitrogens with one attached hydrogen (secondary N) is 2. The minimum Gasteiger partial charge on any atom is -0.465 e. The Bertz CT molecular complexity index is 1270.